The van der Waals surface area contributed by atoms with Crippen molar-refractivity contribution in [3.05, 3.63) is 87.7 Å². The van der Waals surface area contributed by atoms with E-state index in [-0.39, 0.29) is 0 Å². The molecular formula is C27H27N2S+. The molecule has 0 unspecified atom stereocenters. The van der Waals surface area contributed by atoms with Crippen molar-refractivity contribution in [2.24, 2.45) is 0 Å². The Kier molecular flexibility index (Phi) is 4.71. The number of hydrogen-bond acceptors (Lipinski definition) is 1. The highest BCUT2D eigenvalue weighted by Gasteiger charge is 2.35. The van der Waals surface area contributed by atoms with Crippen LogP contribution in [0, 0.1) is 6.92 Å². The van der Waals surface area contributed by atoms with Crippen LogP contribution in [0.25, 0.3) is 22.0 Å². The monoisotopic (exact) mass is 411 g/mol. The van der Waals surface area contributed by atoms with Gasteiger partial charge in [-0.1, -0.05) is 36.4 Å². The molecule has 2 nitrogen and oxygen atoms in total. The number of benzene rings is 2. The molecule has 1 aliphatic heterocycles. The summed E-state index contributed by atoms with van der Waals surface area (Å²) < 4.78 is 4.90. The maximum absolute atomic E-state index is 2.45. The number of thiophene rings is 1. The number of aromatic nitrogens is 1. The number of allylic oxidation sites excluding steroid dienone is 1. The number of nitrogens with zero attached hydrogens (tertiary/aromatic N) is 2. The number of hydrogen-bond donors (Lipinski definition) is 0. The van der Waals surface area contributed by atoms with Gasteiger partial charge in [-0.05, 0) is 44.4 Å². The molecule has 4 aromatic rings. The Morgan fingerprint density at radius 1 is 0.933 bits per heavy atom. The molecule has 3 heteroatoms. The predicted octanol–water partition coefficient (Wildman–Crippen LogP) is 7.13. The molecule has 0 spiro atoms. The first-order valence-electron chi connectivity index (χ1n) is 10.7. The molecule has 0 amide bonds. The van der Waals surface area contributed by atoms with Crippen molar-refractivity contribution < 1.29 is 4.58 Å². The lowest BCUT2D eigenvalue weighted by atomic mass is 9.90. The summed E-state index contributed by atoms with van der Waals surface area (Å²) in [6.07, 6.45) is 0. The first kappa shape index (κ1) is 19.1. The Labute approximate surface area is 182 Å². The SMILES string of the molecule is CCn1c(C)c(C(=C2C(C)=[N+](CC)c3ccccc32)c2cccs2)c2ccccc21. The summed E-state index contributed by atoms with van der Waals surface area (Å²) in [5.41, 5.74) is 10.8. The van der Waals surface area contributed by atoms with E-state index < -0.39 is 0 Å². The highest BCUT2D eigenvalue weighted by Crippen LogP contribution is 2.45. The van der Waals surface area contributed by atoms with Crippen molar-refractivity contribution >= 4 is 44.8 Å². The third kappa shape index (κ3) is 2.65. The molecule has 1 aliphatic rings. The molecule has 3 heterocycles. The fourth-order valence-corrected chi connectivity index (χ4v) is 5.88. The number of fused-ring (bicyclic) bond motifs is 2. The van der Waals surface area contributed by atoms with Gasteiger partial charge in [0, 0.05) is 52.1 Å². The number of rotatable bonds is 4. The average Bonchev–Trinajstić information content (AvgIpc) is 3.45. The van der Waals surface area contributed by atoms with Crippen LogP contribution in [0.3, 0.4) is 0 Å². The Morgan fingerprint density at radius 3 is 2.43 bits per heavy atom. The first-order valence-corrected chi connectivity index (χ1v) is 11.6. The van der Waals surface area contributed by atoms with Gasteiger partial charge in [0.05, 0.1) is 11.1 Å². The van der Waals surface area contributed by atoms with Gasteiger partial charge in [-0.3, -0.25) is 0 Å². The van der Waals surface area contributed by atoms with Crippen LogP contribution in [-0.2, 0) is 6.54 Å². The van der Waals surface area contributed by atoms with Crippen molar-refractivity contribution in [1.29, 1.82) is 0 Å². The maximum Gasteiger partial charge on any atom is 0.213 e. The molecule has 30 heavy (non-hydrogen) atoms. The zero-order valence-electron chi connectivity index (χ0n) is 18.1. The van der Waals surface area contributed by atoms with Crippen molar-refractivity contribution in [1.82, 2.24) is 4.57 Å². The third-order valence-electron chi connectivity index (χ3n) is 6.36. The van der Waals surface area contributed by atoms with Gasteiger partial charge in [0.2, 0.25) is 5.69 Å². The van der Waals surface area contributed by atoms with Gasteiger partial charge in [-0.25, -0.2) is 0 Å². The zero-order valence-corrected chi connectivity index (χ0v) is 18.9. The van der Waals surface area contributed by atoms with Crippen LogP contribution < -0.4 is 0 Å². The lowest BCUT2D eigenvalue weighted by Crippen LogP contribution is -2.09. The van der Waals surface area contributed by atoms with Crippen LogP contribution in [0.5, 0.6) is 0 Å². The summed E-state index contributed by atoms with van der Waals surface area (Å²) in [7, 11) is 0. The van der Waals surface area contributed by atoms with Crippen LogP contribution in [0.4, 0.5) is 5.69 Å². The average molecular weight is 412 g/mol. The Bertz CT molecular complexity index is 1320. The Hall–Kier alpha value is -2.91. The van der Waals surface area contributed by atoms with E-state index in [2.05, 4.69) is 103 Å². The summed E-state index contributed by atoms with van der Waals surface area (Å²) >= 11 is 1.83. The molecule has 0 atom stereocenters. The molecule has 0 bridgehead atoms. The summed E-state index contributed by atoms with van der Waals surface area (Å²) in [6.45, 7) is 11.0. The van der Waals surface area contributed by atoms with Gasteiger partial charge in [0.25, 0.3) is 0 Å². The lowest BCUT2D eigenvalue weighted by Gasteiger charge is -2.12. The predicted molar refractivity (Wildman–Crippen MR) is 130 cm³/mol. The largest absolute Gasteiger partial charge is 0.345 e. The van der Waals surface area contributed by atoms with E-state index in [9.17, 15) is 0 Å². The van der Waals surface area contributed by atoms with Gasteiger partial charge in [-0.15, -0.1) is 11.3 Å². The van der Waals surface area contributed by atoms with Gasteiger partial charge in [-0.2, -0.15) is 4.58 Å². The second-order valence-electron chi connectivity index (χ2n) is 7.80. The van der Waals surface area contributed by atoms with Crippen LogP contribution in [0.15, 0.2) is 66.0 Å². The fraction of sp³-hybridized carbons (Fsp3) is 0.222. The van der Waals surface area contributed by atoms with Crippen LogP contribution >= 0.6 is 11.3 Å². The van der Waals surface area contributed by atoms with Crippen molar-refractivity contribution in [3.63, 3.8) is 0 Å². The number of aryl methyl sites for hydroxylation is 1. The molecule has 0 N–H and O–H groups in total. The molecule has 0 saturated carbocycles. The first-order chi connectivity index (χ1) is 14.7. The summed E-state index contributed by atoms with van der Waals surface area (Å²) in [4.78, 5) is 1.33. The van der Waals surface area contributed by atoms with Crippen LogP contribution in [0.1, 0.15) is 42.5 Å². The second kappa shape index (κ2) is 7.41. The van der Waals surface area contributed by atoms with E-state index in [1.54, 1.807) is 0 Å². The van der Waals surface area contributed by atoms with Gasteiger partial charge in [0.15, 0.2) is 5.71 Å². The minimum Gasteiger partial charge on any atom is -0.345 e. The molecule has 2 aromatic carbocycles. The third-order valence-corrected chi connectivity index (χ3v) is 7.25. The minimum atomic E-state index is 0.972. The van der Waals surface area contributed by atoms with E-state index in [1.165, 1.54) is 55.1 Å². The molecule has 0 saturated heterocycles. The second-order valence-corrected chi connectivity index (χ2v) is 8.74. The van der Waals surface area contributed by atoms with E-state index >= 15 is 0 Å². The highest BCUT2D eigenvalue weighted by atomic mass is 32.1. The minimum absolute atomic E-state index is 0.972. The zero-order chi connectivity index (χ0) is 20.8. The maximum atomic E-state index is 2.45. The van der Waals surface area contributed by atoms with Crippen LogP contribution in [0.2, 0.25) is 0 Å². The molecule has 150 valence electrons. The van der Waals surface area contributed by atoms with E-state index in [4.69, 9.17) is 0 Å². The van der Waals surface area contributed by atoms with Crippen molar-refractivity contribution in [2.45, 2.75) is 34.2 Å². The summed E-state index contributed by atoms with van der Waals surface area (Å²) in [5.74, 6) is 0. The van der Waals surface area contributed by atoms with Gasteiger partial charge in [0.1, 0.15) is 6.54 Å². The topological polar surface area (TPSA) is 7.94 Å². The highest BCUT2D eigenvalue weighted by molar-refractivity contribution is 7.11. The smallest absolute Gasteiger partial charge is 0.213 e. The lowest BCUT2D eigenvalue weighted by molar-refractivity contribution is -0.432. The molecule has 2 aromatic heterocycles. The quantitative estimate of drug-likeness (QED) is 0.316. The molecule has 0 radical (unpaired) electrons. The van der Waals surface area contributed by atoms with E-state index in [0.29, 0.717) is 0 Å². The molecule has 0 fully saturated rings. The van der Waals surface area contributed by atoms with Gasteiger partial charge < -0.3 is 4.57 Å². The van der Waals surface area contributed by atoms with Crippen molar-refractivity contribution in [3.8, 4) is 0 Å². The number of para-hydroxylation sites is 2. The standard InChI is InChI=1S/C27H27N2S/c1-5-28-18(3)25(20-12-7-9-14-22(20)28)27(24-16-11-17-30-24)26-19(4)29(6-2)23-15-10-8-13-21(23)26/h7-17H,5-6H2,1-4H3/q+1. The molecular weight excluding hydrogens is 384 g/mol. The normalized spacial score (nSPS) is 15.2. The molecule has 0 aliphatic carbocycles. The Balaban J connectivity index is 1.97. The van der Waals surface area contributed by atoms with E-state index in [1.807, 2.05) is 11.3 Å². The molecule has 5 rings (SSSR count). The fourth-order valence-electron chi connectivity index (χ4n) is 5.10. The van der Waals surface area contributed by atoms with Gasteiger partial charge >= 0.3 is 0 Å². The summed E-state index contributed by atoms with van der Waals surface area (Å²) in [5, 5.41) is 3.53. The van der Waals surface area contributed by atoms with Crippen LogP contribution in [-0.4, -0.2) is 21.4 Å². The van der Waals surface area contributed by atoms with E-state index in [0.717, 1.165) is 13.1 Å². The Morgan fingerprint density at radius 2 is 1.70 bits per heavy atom. The summed E-state index contributed by atoms with van der Waals surface area (Å²) in [6, 6.07) is 22.1. The van der Waals surface area contributed by atoms with Crippen molar-refractivity contribution in [2.75, 3.05) is 6.54 Å².